The molecule has 0 fully saturated rings. The molecule has 5 heteroatoms. The van der Waals surface area contributed by atoms with E-state index in [1.807, 2.05) is 30.3 Å². The first-order valence-electron chi connectivity index (χ1n) is 6.49. The van der Waals surface area contributed by atoms with Gasteiger partial charge in [0, 0.05) is 25.6 Å². The van der Waals surface area contributed by atoms with Crippen molar-refractivity contribution in [3.05, 3.63) is 42.4 Å². The van der Waals surface area contributed by atoms with Gasteiger partial charge >= 0.3 is 0 Å². The molecule has 2 aromatic heterocycles. The number of methoxy groups -OCH3 is 1. The summed E-state index contributed by atoms with van der Waals surface area (Å²) in [6, 6.07) is 9.84. The van der Waals surface area contributed by atoms with Crippen molar-refractivity contribution in [3.8, 4) is 11.5 Å². The molecule has 0 saturated heterocycles. The second-order valence-corrected chi connectivity index (χ2v) is 4.45. The third kappa shape index (κ3) is 2.59. The third-order valence-corrected chi connectivity index (χ3v) is 3.07. The van der Waals surface area contributed by atoms with Crippen molar-refractivity contribution in [2.45, 2.75) is 6.54 Å². The average Bonchev–Trinajstić information content (AvgIpc) is 3.09. The Morgan fingerprint density at radius 2 is 2.20 bits per heavy atom. The van der Waals surface area contributed by atoms with Crippen LogP contribution in [-0.2, 0) is 11.3 Å². The number of fused-ring (bicyclic) bond motifs is 1. The summed E-state index contributed by atoms with van der Waals surface area (Å²) in [5.74, 6) is 1.37. The van der Waals surface area contributed by atoms with Crippen LogP contribution in [-0.4, -0.2) is 25.2 Å². The minimum Gasteiger partial charge on any atom is -0.453 e. The number of nitrogens with one attached hydrogen (secondary N) is 1. The van der Waals surface area contributed by atoms with Crippen LogP contribution in [0, 0.1) is 0 Å². The summed E-state index contributed by atoms with van der Waals surface area (Å²) in [5, 5.41) is 4.30. The van der Waals surface area contributed by atoms with Crippen LogP contribution >= 0.6 is 0 Å². The van der Waals surface area contributed by atoms with E-state index in [0.717, 1.165) is 23.2 Å². The van der Waals surface area contributed by atoms with Crippen molar-refractivity contribution >= 4 is 11.0 Å². The number of aromatic nitrogens is 1. The summed E-state index contributed by atoms with van der Waals surface area (Å²) in [5.41, 5.74) is 1.68. The van der Waals surface area contributed by atoms with E-state index in [9.17, 15) is 0 Å². The van der Waals surface area contributed by atoms with Crippen LogP contribution in [0.25, 0.3) is 22.5 Å². The summed E-state index contributed by atoms with van der Waals surface area (Å²) in [6.07, 6.45) is 1.44. The molecule has 0 aliphatic rings. The predicted molar refractivity (Wildman–Crippen MR) is 75.3 cm³/mol. The lowest BCUT2D eigenvalue weighted by atomic mass is 10.2. The molecule has 3 aromatic rings. The lowest BCUT2D eigenvalue weighted by Gasteiger charge is -2.02. The average molecular weight is 272 g/mol. The molecular weight excluding hydrogens is 256 g/mol. The molecular formula is C15H16N2O3. The van der Waals surface area contributed by atoms with E-state index in [1.54, 1.807) is 7.11 Å². The highest BCUT2D eigenvalue weighted by molar-refractivity contribution is 5.82. The lowest BCUT2D eigenvalue weighted by molar-refractivity contribution is 0.199. The molecule has 1 N–H and O–H groups in total. The smallest absolute Gasteiger partial charge is 0.194 e. The standard InChI is InChI=1S/C15H16N2O3/c1-18-7-6-16-9-12-15(19-10-17-12)14-8-11-4-2-3-5-13(11)20-14/h2-5,8,10,16H,6-7,9H2,1H3. The van der Waals surface area contributed by atoms with Crippen molar-refractivity contribution in [2.75, 3.05) is 20.3 Å². The Labute approximate surface area is 116 Å². The zero-order chi connectivity index (χ0) is 13.8. The third-order valence-electron chi connectivity index (χ3n) is 3.07. The van der Waals surface area contributed by atoms with Gasteiger partial charge in [-0.3, -0.25) is 0 Å². The summed E-state index contributed by atoms with van der Waals surface area (Å²) in [6.45, 7) is 2.05. The maximum absolute atomic E-state index is 5.79. The van der Waals surface area contributed by atoms with Crippen LogP contribution in [0.5, 0.6) is 0 Å². The zero-order valence-corrected chi connectivity index (χ0v) is 11.3. The number of furan rings is 1. The van der Waals surface area contributed by atoms with E-state index in [0.29, 0.717) is 24.7 Å². The molecule has 104 valence electrons. The second kappa shape index (κ2) is 5.90. The van der Waals surface area contributed by atoms with Crippen molar-refractivity contribution in [2.24, 2.45) is 0 Å². The molecule has 0 saturated carbocycles. The maximum Gasteiger partial charge on any atom is 0.194 e. The Kier molecular flexibility index (Phi) is 3.80. The number of ether oxygens (including phenoxy) is 1. The fourth-order valence-corrected chi connectivity index (χ4v) is 2.07. The highest BCUT2D eigenvalue weighted by Crippen LogP contribution is 2.29. The van der Waals surface area contributed by atoms with Crippen molar-refractivity contribution in [1.82, 2.24) is 10.3 Å². The molecule has 0 bridgehead atoms. The number of rotatable bonds is 6. The second-order valence-electron chi connectivity index (χ2n) is 4.45. The molecule has 2 heterocycles. The Morgan fingerprint density at radius 3 is 3.05 bits per heavy atom. The number of oxazole rings is 1. The molecule has 0 amide bonds. The Bertz CT molecular complexity index is 654. The van der Waals surface area contributed by atoms with Crippen molar-refractivity contribution < 1.29 is 13.6 Å². The molecule has 5 nitrogen and oxygen atoms in total. The fraction of sp³-hybridized carbons (Fsp3) is 0.267. The maximum atomic E-state index is 5.79. The van der Waals surface area contributed by atoms with Crippen LogP contribution < -0.4 is 5.32 Å². The molecule has 0 unspecified atom stereocenters. The first-order valence-corrected chi connectivity index (χ1v) is 6.49. The highest BCUT2D eigenvalue weighted by atomic mass is 16.5. The molecule has 20 heavy (non-hydrogen) atoms. The van der Waals surface area contributed by atoms with Crippen molar-refractivity contribution in [1.29, 1.82) is 0 Å². The molecule has 1 aromatic carbocycles. The normalized spacial score (nSPS) is 11.2. The van der Waals surface area contributed by atoms with Crippen LogP contribution in [0.2, 0.25) is 0 Å². The van der Waals surface area contributed by atoms with Crippen LogP contribution in [0.1, 0.15) is 5.69 Å². The van der Waals surface area contributed by atoms with Crippen LogP contribution in [0.4, 0.5) is 0 Å². The van der Waals surface area contributed by atoms with Gasteiger partial charge in [0.2, 0.25) is 0 Å². The Balaban J connectivity index is 1.81. The number of nitrogens with zero attached hydrogens (tertiary/aromatic N) is 1. The van der Waals surface area contributed by atoms with Gasteiger partial charge in [-0.2, -0.15) is 0 Å². The fourth-order valence-electron chi connectivity index (χ4n) is 2.07. The van der Waals surface area contributed by atoms with E-state index in [4.69, 9.17) is 13.6 Å². The summed E-state index contributed by atoms with van der Waals surface area (Å²) in [4.78, 5) is 4.23. The van der Waals surface area contributed by atoms with Crippen LogP contribution in [0.15, 0.2) is 45.6 Å². The monoisotopic (exact) mass is 272 g/mol. The molecule has 0 aliphatic carbocycles. The van der Waals surface area contributed by atoms with Gasteiger partial charge in [-0.25, -0.2) is 4.98 Å². The van der Waals surface area contributed by atoms with E-state index < -0.39 is 0 Å². The highest BCUT2D eigenvalue weighted by Gasteiger charge is 2.14. The topological polar surface area (TPSA) is 60.4 Å². The SMILES string of the molecule is COCCNCc1ncoc1-c1cc2ccccc2o1. The molecule has 0 radical (unpaired) electrons. The lowest BCUT2D eigenvalue weighted by Crippen LogP contribution is -2.19. The predicted octanol–water partition coefficient (Wildman–Crippen LogP) is 2.82. The van der Waals surface area contributed by atoms with Gasteiger partial charge < -0.3 is 18.9 Å². The largest absolute Gasteiger partial charge is 0.453 e. The van der Waals surface area contributed by atoms with E-state index in [1.165, 1.54) is 6.39 Å². The quantitative estimate of drug-likeness (QED) is 0.699. The summed E-state index contributed by atoms with van der Waals surface area (Å²) < 4.78 is 16.2. The zero-order valence-electron chi connectivity index (χ0n) is 11.3. The molecule has 0 spiro atoms. The first kappa shape index (κ1) is 12.9. The van der Waals surface area contributed by atoms with E-state index in [-0.39, 0.29) is 0 Å². The van der Waals surface area contributed by atoms with Gasteiger partial charge in [-0.15, -0.1) is 0 Å². The molecule has 0 aliphatic heterocycles. The molecule has 0 atom stereocenters. The minimum atomic E-state index is 0.617. The van der Waals surface area contributed by atoms with Crippen molar-refractivity contribution in [3.63, 3.8) is 0 Å². The summed E-state index contributed by atoms with van der Waals surface area (Å²) in [7, 11) is 1.68. The van der Waals surface area contributed by atoms with E-state index in [2.05, 4.69) is 10.3 Å². The number of hydrogen-bond donors (Lipinski definition) is 1. The molecule has 3 rings (SSSR count). The summed E-state index contributed by atoms with van der Waals surface area (Å²) >= 11 is 0. The van der Waals surface area contributed by atoms with Crippen LogP contribution in [0.3, 0.4) is 0 Å². The van der Waals surface area contributed by atoms with Gasteiger partial charge in [-0.05, 0) is 12.1 Å². The van der Waals surface area contributed by atoms with Gasteiger partial charge in [0.25, 0.3) is 0 Å². The van der Waals surface area contributed by atoms with Gasteiger partial charge in [-0.1, -0.05) is 18.2 Å². The van der Waals surface area contributed by atoms with E-state index >= 15 is 0 Å². The van der Waals surface area contributed by atoms with Gasteiger partial charge in [0.1, 0.15) is 11.3 Å². The van der Waals surface area contributed by atoms with Gasteiger partial charge in [0.05, 0.1) is 6.61 Å². The first-order chi connectivity index (χ1) is 9.88. The number of hydrogen-bond acceptors (Lipinski definition) is 5. The Hall–Kier alpha value is -2.11. The minimum absolute atomic E-state index is 0.617. The number of benzene rings is 1. The Morgan fingerprint density at radius 1 is 1.30 bits per heavy atom. The number of para-hydroxylation sites is 1. The van der Waals surface area contributed by atoms with Gasteiger partial charge in [0.15, 0.2) is 17.9 Å².